The molecule has 0 saturated carbocycles. The molecule has 2 aliphatic heterocycles. The first-order valence-corrected chi connectivity index (χ1v) is 11.4. The molecule has 1 aromatic carbocycles. The second kappa shape index (κ2) is 6.53. The zero-order chi connectivity index (χ0) is 19.3. The monoisotopic (exact) mass is 394 g/mol. The summed E-state index contributed by atoms with van der Waals surface area (Å²) in [5.74, 6) is 0. The Morgan fingerprint density at radius 3 is 2.54 bits per heavy atom. The topological polar surface area (TPSA) is 68.1 Å². The predicted molar refractivity (Wildman–Crippen MR) is 106 cm³/mol. The van der Waals surface area contributed by atoms with Gasteiger partial charge in [0.15, 0.2) is 9.84 Å². The number of hydrogen-bond acceptors (Lipinski definition) is 5. The van der Waals surface area contributed by atoms with Gasteiger partial charge in [-0.2, -0.15) is 5.10 Å². The maximum absolute atomic E-state index is 11.7. The minimum Gasteiger partial charge on any atom is -0.289 e. The van der Waals surface area contributed by atoms with E-state index in [1.807, 2.05) is 35.4 Å². The van der Waals surface area contributed by atoms with E-state index in [9.17, 15) is 8.42 Å². The van der Waals surface area contributed by atoms with Gasteiger partial charge < -0.3 is 0 Å². The van der Waals surface area contributed by atoms with E-state index in [2.05, 4.69) is 27.1 Å². The molecule has 28 heavy (non-hydrogen) atoms. The highest BCUT2D eigenvalue weighted by molar-refractivity contribution is 7.90. The van der Waals surface area contributed by atoms with Crippen LogP contribution in [-0.4, -0.2) is 40.4 Å². The smallest absolute Gasteiger partial charge is 0.175 e. The van der Waals surface area contributed by atoms with Crippen LogP contribution in [0.25, 0.3) is 5.69 Å². The average molecular weight is 395 g/mol. The number of pyridine rings is 1. The van der Waals surface area contributed by atoms with Gasteiger partial charge in [0, 0.05) is 49.3 Å². The Hall–Kier alpha value is -2.51. The average Bonchev–Trinajstić information content (AvgIpc) is 3.22. The third kappa shape index (κ3) is 2.95. The quantitative estimate of drug-likeness (QED) is 0.681. The lowest BCUT2D eigenvalue weighted by atomic mass is 9.99. The van der Waals surface area contributed by atoms with Crippen LogP contribution in [0.5, 0.6) is 0 Å². The van der Waals surface area contributed by atoms with E-state index in [4.69, 9.17) is 0 Å². The first-order chi connectivity index (χ1) is 13.5. The van der Waals surface area contributed by atoms with Gasteiger partial charge in [0.1, 0.15) is 0 Å². The molecule has 6 nitrogen and oxygen atoms in total. The Kier molecular flexibility index (Phi) is 4.10. The first-order valence-electron chi connectivity index (χ1n) is 9.52. The number of nitrogens with zero attached hydrogens (tertiary/aromatic N) is 4. The van der Waals surface area contributed by atoms with Gasteiger partial charge >= 0.3 is 0 Å². The van der Waals surface area contributed by atoms with E-state index in [1.165, 1.54) is 29.5 Å². The van der Waals surface area contributed by atoms with Crippen molar-refractivity contribution >= 4 is 9.84 Å². The van der Waals surface area contributed by atoms with Crippen molar-refractivity contribution < 1.29 is 8.42 Å². The summed E-state index contributed by atoms with van der Waals surface area (Å²) >= 11 is 0. The molecule has 1 fully saturated rings. The van der Waals surface area contributed by atoms with E-state index >= 15 is 0 Å². The molecule has 4 heterocycles. The fraction of sp³-hybridized carbons (Fsp3) is 0.333. The highest BCUT2D eigenvalue weighted by atomic mass is 32.2. The predicted octanol–water partition coefficient (Wildman–Crippen LogP) is 2.93. The number of benzene rings is 1. The van der Waals surface area contributed by atoms with Crippen molar-refractivity contribution in [1.82, 2.24) is 19.7 Å². The number of sulfone groups is 1. The van der Waals surface area contributed by atoms with Crippen LogP contribution in [0.15, 0.2) is 59.9 Å². The lowest BCUT2D eigenvalue weighted by Gasteiger charge is -2.35. The summed E-state index contributed by atoms with van der Waals surface area (Å²) in [7, 11) is -3.19. The van der Waals surface area contributed by atoms with Crippen molar-refractivity contribution in [2.24, 2.45) is 0 Å². The molecular weight excluding hydrogens is 372 g/mol. The molecule has 2 aliphatic rings. The maximum atomic E-state index is 11.7. The van der Waals surface area contributed by atoms with Crippen LogP contribution in [0.1, 0.15) is 35.7 Å². The molecule has 0 aliphatic carbocycles. The van der Waals surface area contributed by atoms with Crippen molar-refractivity contribution in [2.75, 3.05) is 6.26 Å². The van der Waals surface area contributed by atoms with Crippen LogP contribution < -0.4 is 0 Å². The Balaban J connectivity index is 1.46. The van der Waals surface area contributed by atoms with Gasteiger partial charge in [-0.05, 0) is 54.8 Å². The SMILES string of the molecule is CS(=O)(=O)c1ccc(-n2ncc3c2CC2CCC3N2Cc2ccncc2)cc1. The van der Waals surface area contributed by atoms with E-state index in [0.29, 0.717) is 17.0 Å². The summed E-state index contributed by atoms with van der Waals surface area (Å²) in [4.78, 5) is 7.04. The van der Waals surface area contributed by atoms with Crippen molar-refractivity contribution in [1.29, 1.82) is 0 Å². The normalized spacial score (nSPS) is 21.6. The molecule has 0 N–H and O–H groups in total. The van der Waals surface area contributed by atoms with Crippen molar-refractivity contribution in [3.63, 3.8) is 0 Å². The van der Waals surface area contributed by atoms with Gasteiger partial charge in [-0.1, -0.05) is 0 Å². The largest absolute Gasteiger partial charge is 0.289 e. The maximum Gasteiger partial charge on any atom is 0.175 e. The molecule has 2 aromatic heterocycles. The first kappa shape index (κ1) is 17.6. The molecule has 2 bridgehead atoms. The lowest BCUT2D eigenvalue weighted by Crippen LogP contribution is -2.37. The summed E-state index contributed by atoms with van der Waals surface area (Å²) in [5.41, 5.74) is 4.76. The molecule has 1 saturated heterocycles. The molecule has 5 rings (SSSR count). The molecular formula is C21H22N4O2S. The molecule has 0 radical (unpaired) electrons. The van der Waals surface area contributed by atoms with Crippen LogP contribution in [0.3, 0.4) is 0 Å². The van der Waals surface area contributed by atoms with Gasteiger partial charge in [0.05, 0.1) is 22.5 Å². The van der Waals surface area contributed by atoms with E-state index in [-0.39, 0.29) is 0 Å². The van der Waals surface area contributed by atoms with Crippen molar-refractivity contribution in [2.45, 2.75) is 42.8 Å². The second-order valence-electron chi connectivity index (χ2n) is 7.70. The molecule has 2 unspecified atom stereocenters. The Morgan fingerprint density at radius 1 is 1.07 bits per heavy atom. The third-order valence-corrected chi connectivity index (χ3v) is 7.08. The molecule has 0 spiro atoms. The van der Waals surface area contributed by atoms with Gasteiger partial charge in [-0.25, -0.2) is 13.1 Å². The van der Waals surface area contributed by atoms with Crippen molar-refractivity contribution in [3.8, 4) is 5.69 Å². The highest BCUT2D eigenvalue weighted by Gasteiger charge is 2.41. The summed E-state index contributed by atoms with van der Waals surface area (Å²) in [6, 6.07) is 12.1. The number of hydrogen-bond donors (Lipinski definition) is 0. The van der Waals surface area contributed by atoms with E-state index < -0.39 is 9.84 Å². The van der Waals surface area contributed by atoms with Crippen LogP contribution >= 0.6 is 0 Å². The summed E-state index contributed by atoms with van der Waals surface area (Å²) in [6.45, 7) is 0.936. The second-order valence-corrected chi connectivity index (χ2v) is 9.72. The molecule has 3 aromatic rings. The van der Waals surface area contributed by atoms with E-state index in [1.54, 1.807) is 12.1 Å². The Labute approximate surface area is 164 Å². The van der Waals surface area contributed by atoms with Gasteiger partial charge in [-0.15, -0.1) is 0 Å². The highest BCUT2D eigenvalue weighted by Crippen LogP contribution is 2.44. The van der Waals surface area contributed by atoms with Gasteiger partial charge in [0.2, 0.25) is 0 Å². The van der Waals surface area contributed by atoms with Crippen molar-refractivity contribution in [3.05, 3.63) is 71.8 Å². The summed E-state index contributed by atoms with van der Waals surface area (Å²) in [5, 5.41) is 4.65. The summed E-state index contributed by atoms with van der Waals surface area (Å²) in [6.07, 6.45) is 10.2. The van der Waals surface area contributed by atoms with Crippen LogP contribution in [0.2, 0.25) is 0 Å². The minimum absolute atomic E-state index is 0.334. The Morgan fingerprint density at radius 2 is 1.82 bits per heavy atom. The summed E-state index contributed by atoms with van der Waals surface area (Å²) < 4.78 is 25.4. The van der Waals surface area contributed by atoms with Crippen LogP contribution in [0, 0.1) is 0 Å². The fourth-order valence-electron chi connectivity index (χ4n) is 4.58. The molecule has 0 amide bonds. The molecule has 2 atom stereocenters. The number of aromatic nitrogens is 3. The molecule has 7 heteroatoms. The lowest BCUT2D eigenvalue weighted by molar-refractivity contribution is 0.167. The Bertz CT molecular complexity index is 1110. The van der Waals surface area contributed by atoms with Crippen LogP contribution in [0.4, 0.5) is 0 Å². The zero-order valence-corrected chi connectivity index (χ0v) is 16.5. The van der Waals surface area contributed by atoms with Gasteiger partial charge in [-0.3, -0.25) is 9.88 Å². The third-order valence-electron chi connectivity index (χ3n) is 5.96. The zero-order valence-electron chi connectivity index (χ0n) is 15.7. The van der Waals surface area contributed by atoms with Gasteiger partial charge in [0.25, 0.3) is 0 Å². The van der Waals surface area contributed by atoms with E-state index in [0.717, 1.165) is 25.1 Å². The number of rotatable bonds is 4. The van der Waals surface area contributed by atoms with Crippen LogP contribution in [-0.2, 0) is 22.8 Å². The minimum atomic E-state index is -3.19. The number of fused-ring (bicyclic) bond motifs is 4. The molecule has 144 valence electrons. The standard InChI is InChI=1S/C21H22N4O2S/c1-28(26,27)18-5-2-16(3-6-18)25-21-12-17-4-7-20(19(21)13-23-25)24(17)14-15-8-10-22-11-9-15/h2-3,5-6,8-11,13,17,20H,4,7,12,14H2,1H3. The fourth-order valence-corrected chi connectivity index (χ4v) is 5.21.